The number of unbranched alkanes of at least 4 members (excludes halogenated alkanes) is 36. The molecule has 1 amide bonds. The molecule has 540 valence electrons. The maximum absolute atomic E-state index is 13.1. The summed E-state index contributed by atoms with van der Waals surface area (Å²) in [5.74, 6) is -0.193. The quantitative estimate of drug-likeness (QED) is 0.0243. The number of hydrogen-bond donors (Lipinski definition) is 3. The number of phosphoric acid groups is 1. The monoisotopic (exact) mass is 1330 g/mol. The van der Waals surface area contributed by atoms with E-state index in [2.05, 4.69) is 153 Å². The number of carbonyl (C=O) groups is 1. The van der Waals surface area contributed by atoms with Crippen LogP contribution in [0.5, 0.6) is 0 Å². The van der Waals surface area contributed by atoms with E-state index in [-0.39, 0.29) is 19.1 Å². The highest BCUT2D eigenvalue weighted by molar-refractivity contribution is 7.47. The first-order valence-corrected chi connectivity index (χ1v) is 40.7. The Labute approximate surface area is 582 Å². The number of hydrogen-bond acceptors (Lipinski definition) is 5. The molecule has 9 heteroatoms. The van der Waals surface area contributed by atoms with Gasteiger partial charge in [0.1, 0.15) is 13.2 Å². The molecule has 0 rings (SSSR count). The average Bonchev–Trinajstić information content (AvgIpc) is 1.77. The summed E-state index contributed by atoms with van der Waals surface area (Å²) in [4.78, 5) is 23.5. The van der Waals surface area contributed by atoms with Crippen LogP contribution < -0.4 is 5.32 Å². The van der Waals surface area contributed by atoms with Crippen LogP contribution in [0.1, 0.15) is 335 Å². The van der Waals surface area contributed by atoms with Crippen LogP contribution in [-0.2, 0) is 18.4 Å². The lowest BCUT2D eigenvalue weighted by molar-refractivity contribution is -0.870. The highest BCUT2D eigenvalue weighted by Gasteiger charge is 2.28. The van der Waals surface area contributed by atoms with Crippen LogP contribution in [0.25, 0.3) is 0 Å². The number of nitrogens with one attached hydrogen (secondary N) is 1. The molecule has 0 bridgehead atoms. The number of likely N-dealkylation sites (N-methyl/N-ethyl adjacent to an activating group) is 1. The smallest absolute Gasteiger partial charge is 0.387 e. The van der Waals surface area contributed by atoms with Crippen LogP contribution in [-0.4, -0.2) is 73.4 Å². The fourth-order valence-corrected chi connectivity index (χ4v) is 11.8. The third-order valence-electron chi connectivity index (χ3n) is 17.0. The summed E-state index contributed by atoms with van der Waals surface area (Å²) in [6, 6.07) is -0.878. The lowest BCUT2D eigenvalue weighted by Crippen LogP contribution is -2.45. The molecule has 0 aromatic heterocycles. The number of aliphatic hydroxyl groups is 1. The Bertz CT molecular complexity index is 2050. The number of rotatable bonds is 71. The minimum atomic E-state index is -4.38. The van der Waals surface area contributed by atoms with E-state index in [1.54, 1.807) is 6.08 Å². The van der Waals surface area contributed by atoms with Gasteiger partial charge in [0.15, 0.2) is 0 Å². The Morgan fingerprint density at radius 1 is 0.372 bits per heavy atom. The zero-order chi connectivity index (χ0) is 68.3. The maximum Gasteiger partial charge on any atom is 0.472 e. The molecule has 0 aromatic rings. The predicted molar refractivity (Wildman–Crippen MR) is 414 cm³/mol. The van der Waals surface area contributed by atoms with Crippen molar-refractivity contribution in [1.82, 2.24) is 5.32 Å². The molecule has 0 saturated carbocycles. The number of allylic oxidation sites excluding steroid dienone is 23. The summed E-state index contributed by atoms with van der Waals surface area (Å²) < 4.78 is 23.8. The topological polar surface area (TPSA) is 105 Å². The highest BCUT2D eigenvalue weighted by atomic mass is 31.2. The molecule has 3 unspecified atom stereocenters. The van der Waals surface area contributed by atoms with Crippen LogP contribution in [0.2, 0.25) is 0 Å². The molecule has 0 aliphatic heterocycles. The maximum atomic E-state index is 13.1. The molecule has 94 heavy (non-hydrogen) atoms. The molecule has 0 spiro atoms. The normalized spacial score (nSPS) is 14.3. The number of carbonyl (C=O) groups excluding carboxylic acids is 1. The number of amides is 1. The summed E-state index contributed by atoms with van der Waals surface area (Å²) >= 11 is 0. The van der Waals surface area contributed by atoms with Crippen molar-refractivity contribution < 1.29 is 32.9 Å². The molecule has 0 aromatic carbocycles. The van der Waals surface area contributed by atoms with Crippen molar-refractivity contribution in [1.29, 1.82) is 0 Å². The van der Waals surface area contributed by atoms with Gasteiger partial charge in [-0.3, -0.25) is 13.8 Å². The molecule has 8 nitrogen and oxygen atoms in total. The Morgan fingerprint density at radius 3 is 0.979 bits per heavy atom. The van der Waals surface area contributed by atoms with Crippen molar-refractivity contribution in [2.24, 2.45) is 0 Å². The van der Waals surface area contributed by atoms with E-state index >= 15 is 0 Å². The molecule has 0 fully saturated rings. The average molecular weight is 1330 g/mol. The van der Waals surface area contributed by atoms with Crippen molar-refractivity contribution in [3.8, 4) is 0 Å². The van der Waals surface area contributed by atoms with Gasteiger partial charge >= 0.3 is 7.82 Å². The molecule has 0 heterocycles. The van der Waals surface area contributed by atoms with Gasteiger partial charge in [0.2, 0.25) is 5.91 Å². The van der Waals surface area contributed by atoms with Gasteiger partial charge < -0.3 is 19.8 Å². The second-order valence-electron chi connectivity index (χ2n) is 27.3. The van der Waals surface area contributed by atoms with Gasteiger partial charge in [0.05, 0.1) is 39.9 Å². The van der Waals surface area contributed by atoms with E-state index in [9.17, 15) is 19.4 Å². The largest absolute Gasteiger partial charge is 0.472 e. The summed E-state index contributed by atoms with van der Waals surface area (Å²) in [6.45, 7) is 4.70. The second kappa shape index (κ2) is 73.6. The first-order valence-electron chi connectivity index (χ1n) is 39.2. The van der Waals surface area contributed by atoms with Gasteiger partial charge in [0.25, 0.3) is 0 Å². The van der Waals surface area contributed by atoms with Gasteiger partial charge in [-0.25, -0.2) is 4.57 Å². The zero-order valence-electron chi connectivity index (χ0n) is 61.9. The van der Waals surface area contributed by atoms with Gasteiger partial charge in [-0.2, -0.15) is 0 Å². The molecule has 3 N–H and O–H groups in total. The molecule has 0 aliphatic carbocycles. The Kier molecular flexibility index (Phi) is 70.8. The first-order chi connectivity index (χ1) is 46.0. The fourth-order valence-electron chi connectivity index (χ4n) is 11.0. The van der Waals surface area contributed by atoms with Crippen molar-refractivity contribution >= 4 is 13.7 Å². The van der Waals surface area contributed by atoms with Crippen molar-refractivity contribution in [2.75, 3.05) is 40.9 Å². The zero-order valence-corrected chi connectivity index (χ0v) is 62.8. The van der Waals surface area contributed by atoms with E-state index < -0.39 is 20.0 Å². The lowest BCUT2D eigenvalue weighted by Gasteiger charge is -2.25. The second-order valence-corrected chi connectivity index (χ2v) is 28.8. The molecular formula is C85H150N2O6P+. The van der Waals surface area contributed by atoms with E-state index in [0.29, 0.717) is 17.4 Å². The van der Waals surface area contributed by atoms with Crippen LogP contribution in [0, 0.1) is 0 Å². The molecule has 0 saturated heterocycles. The van der Waals surface area contributed by atoms with Crippen LogP contribution in [0.4, 0.5) is 0 Å². The van der Waals surface area contributed by atoms with E-state index in [4.69, 9.17) is 9.05 Å². The SMILES string of the molecule is CC/C=C\C/C=C\C/C=C\C/C=C\C/C=C\C/C=C\C/C=C\C/C=C\C/C=C\C/C=C\CCCCCCCCCCCCC(=O)NC(COP(=O)(O)OCC[N+](C)(C)C)C(O)/C=C/CC/C=C/CCCCCCCCCCCCCCCCCCCCCCCCCCC. The Hall–Kier alpha value is -3.62. The summed E-state index contributed by atoms with van der Waals surface area (Å²) in [5, 5.41) is 14.0. The minimum absolute atomic E-state index is 0.0493. The summed E-state index contributed by atoms with van der Waals surface area (Å²) in [5.41, 5.74) is 0. The van der Waals surface area contributed by atoms with Crippen LogP contribution >= 0.6 is 7.82 Å². The minimum Gasteiger partial charge on any atom is -0.387 e. The predicted octanol–water partition coefficient (Wildman–Crippen LogP) is 25.9. The number of quaternary nitrogens is 1. The lowest BCUT2D eigenvalue weighted by atomic mass is 10.0. The third-order valence-corrected chi connectivity index (χ3v) is 18.0. The van der Waals surface area contributed by atoms with Gasteiger partial charge in [0, 0.05) is 6.42 Å². The van der Waals surface area contributed by atoms with Crippen LogP contribution in [0.3, 0.4) is 0 Å². The van der Waals surface area contributed by atoms with Gasteiger partial charge in [-0.05, 0) is 109 Å². The summed E-state index contributed by atoms with van der Waals surface area (Å²) in [6.07, 6.45) is 113. The van der Waals surface area contributed by atoms with E-state index in [0.717, 1.165) is 109 Å². The fraction of sp³-hybridized carbons (Fsp3) is 0.706. The standard InChI is InChI=1S/C85H149N2O6P/c1-6-8-10-12-14-16-18-20-22-24-26-28-30-32-34-36-38-39-40-41-42-43-44-45-46-47-49-51-53-55-57-59-61-63-65-67-69-71-73-75-77-79-85(89)86-83(82-93-94(90,91)92-81-80-87(3,4)5)84(88)78-76-74-72-70-68-66-64-62-60-58-56-54-52-50-48-37-35-33-31-29-27-25-23-21-19-17-15-13-11-9-7-2/h8,10,14,16,20,22,26,28,32,34,38-39,41-42,44-45,47,49,53,55,68,70,76,78,83-84,88H,6-7,9,11-13,15,17-19,21,23-25,27,29-31,33,35-37,40,43,46,48,50-52,54,56-67,69,71-75,77,79-82H2,1-5H3,(H-,86,89,90,91)/p+1/b10-8-,16-14-,22-20-,28-26-,34-32-,39-38-,42-41-,45-44-,49-47-,55-53-,70-68+,78-76+. The number of nitrogens with zero attached hydrogens (tertiary/aromatic N) is 1. The van der Waals surface area contributed by atoms with Crippen molar-refractivity contribution in [3.05, 3.63) is 146 Å². The van der Waals surface area contributed by atoms with Crippen molar-refractivity contribution in [3.63, 3.8) is 0 Å². The summed E-state index contributed by atoms with van der Waals surface area (Å²) in [7, 11) is 1.54. The third kappa shape index (κ3) is 75.8. The van der Waals surface area contributed by atoms with E-state index in [1.807, 2.05) is 27.2 Å². The highest BCUT2D eigenvalue weighted by Crippen LogP contribution is 2.43. The van der Waals surface area contributed by atoms with E-state index in [1.165, 1.54) is 205 Å². The molecular weight excluding hydrogens is 1180 g/mol. The van der Waals surface area contributed by atoms with Gasteiger partial charge in [-0.15, -0.1) is 0 Å². The van der Waals surface area contributed by atoms with Crippen LogP contribution in [0.15, 0.2) is 146 Å². The molecule has 3 atom stereocenters. The first kappa shape index (κ1) is 90.4. The Balaban J connectivity index is 4.11. The van der Waals surface area contributed by atoms with Crippen molar-refractivity contribution in [2.45, 2.75) is 347 Å². The van der Waals surface area contributed by atoms with Gasteiger partial charge in [-0.1, -0.05) is 365 Å². The number of phosphoric ester groups is 1. The molecule has 0 aliphatic rings. The number of aliphatic hydroxyl groups excluding tert-OH is 1. The molecule has 0 radical (unpaired) electrons. The Morgan fingerprint density at radius 2 is 0.649 bits per heavy atom.